The van der Waals surface area contributed by atoms with Crippen molar-refractivity contribution in [3.05, 3.63) is 86.9 Å². The highest BCUT2D eigenvalue weighted by Crippen LogP contribution is 2.36. The Morgan fingerprint density at radius 2 is 1.79 bits per heavy atom. The Kier molecular flexibility index (Phi) is 8.35. The summed E-state index contributed by atoms with van der Waals surface area (Å²) in [6.07, 6.45) is 1.50. The van der Waals surface area contributed by atoms with Gasteiger partial charge in [-0.3, -0.25) is 9.69 Å². The summed E-state index contributed by atoms with van der Waals surface area (Å²) in [5, 5.41) is 11.6. The Labute approximate surface area is 231 Å². The van der Waals surface area contributed by atoms with E-state index < -0.39 is 23.9 Å². The van der Waals surface area contributed by atoms with Crippen LogP contribution in [0.4, 0.5) is 4.79 Å². The third-order valence-corrected chi connectivity index (χ3v) is 6.27. The number of hydrogen-bond acceptors (Lipinski definition) is 8. The molecule has 12 heteroatoms. The van der Waals surface area contributed by atoms with Crippen LogP contribution in [-0.4, -0.2) is 47.6 Å². The molecule has 202 valence electrons. The number of carboxylic acids is 1. The van der Waals surface area contributed by atoms with Crippen molar-refractivity contribution in [1.29, 1.82) is 0 Å². The number of carbonyl (C=O) groups excluding carboxylic acids is 3. The van der Waals surface area contributed by atoms with Crippen LogP contribution in [-0.2, 0) is 22.7 Å². The molecule has 0 saturated carbocycles. The number of carbonyl (C=O) groups is 4. The lowest BCUT2D eigenvalue weighted by molar-refractivity contribution is -0.123. The van der Waals surface area contributed by atoms with Crippen LogP contribution in [0.5, 0.6) is 11.5 Å². The Morgan fingerprint density at radius 3 is 2.46 bits per heavy atom. The second kappa shape index (κ2) is 11.9. The van der Waals surface area contributed by atoms with Crippen molar-refractivity contribution in [3.8, 4) is 11.5 Å². The second-order valence-electron chi connectivity index (χ2n) is 8.18. The van der Waals surface area contributed by atoms with Crippen molar-refractivity contribution in [1.82, 2.24) is 10.2 Å². The first-order valence-corrected chi connectivity index (χ1v) is 12.4. The van der Waals surface area contributed by atoms with Gasteiger partial charge in [-0.15, -0.1) is 0 Å². The van der Waals surface area contributed by atoms with Crippen molar-refractivity contribution >= 4 is 45.9 Å². The smallest absolute Gasteiger partial charge is 0.373 e. The van der Waals surface area contributed by atoms with Crippen LogP contribution in [0.25, 0.3) is 6.08 Å². The summed E-state index contributed by atoms with van der Waals surface area (Å²) in [6.45, 7) is 2.15. The maximum absolute atomic E-state index is 13.0. The van der Waals surface area contributed by atoms with Gasteiger partial charge in [-0.25, -0.2) is 14.4 Å². The highest BCUT2D eigenvalue weighted by atomic mass is 79.9. The normalized spacial score (nSPS) is 13.9. The van der Waals surface area contributed by atoms with Crippen molar-refractivity contribution in [2.75, 3.05) is 13.7 Å². The molecule has 0 atom stereocenters. The van der Waals surface area contributed by atoms with Gasteiger partial charge in [0, 0.05) is 4.47 Å². The number of amides is 3. The van der Waals surface area contributed by atoms with Crippen molar-refractivity contribution < 1.29 is 42.9 Å². The number of urea groups is 1. The van der Waals surface area contributed by atoms with Gasteiger partial charge in [-0.2, -0.15) is 0 Å². The minimum Gasteiger partial charge on any atom is -0.490 e. The van der Waals surface area contributed by atoms with E-state index >= 15 is 0 Å². The fraction of sp³-hybridized carbons (Fsp3) is 0.185. The van der Waals surface area contributed by atoms with E-state index in [9.17, 15) is 19.2 Å². The third kappa shape index (κ3) is 6.29. The summed E-state index contributed by atoms with van der Waals surface area (Å²) in [5.74, 6) is -1.22. The molecule has 0 radical (unpaired) electrons. The van der Waals surface area contributed by atoms with E-state index in [2.05, 4.69) is 26.0 Å². The van der Waals surface area contributed by atoms with E-state index in [1.165, 1.54) is 37.5 Å². The van der Waals surface area contributed by atoms with Gasteiger partial charge in [0.1, 0.15) is 18.1 Å². The minimum absolute atomic E-state index is 0.0371. The van der Waals surface area contributed by atoms with Gasteiger partial charge < -0.3 is 29.1 Å². The van der Waals surface area contributed by atoms with Gasteiger partial charge in [0.2, 0.25) is 5.76 Å². The van der Waals surface area contributed by atoms with E-state index in [1.54, 1.807) is 24.3 Å². The number of furan rings is 1. The molecule has 4 rings (SSSR count). The molecule has 0 aliphatic carbocycles. The predicted molar refractivity (Wildman–Crippen MR) is 140 cm³/mol. The van der Waals surface area contributed by atoms with Crippen LogP contribution < -0.4 is 14.8 Å². The zero-order chi connectivity index (χ0) is 28.1. The lowest BCUT2D eigenvalue weighted by Crippen LogP contribution is -2.30. The molecule has 1 fully saturated rings. The van der Waals surface area contributed by atoms with Crippen molar-refractivity contribution in [2.24, 2.45) is 0 Å². The average Bonchev–Trinajstić information content (AvgIpc) is 3.49. The number of halogens is 1. The molecule has 0 spiro atoms. The number of methoxy groups -OCH3 is 1. The highest BCUT2D eigenvalue weighted by Gasteiger charge is 2.34. The number of rotatable bonds is 10. The number of nitrogens with one attached hydrogen (secondary N) is 1. The fourth-order valence-electron chi connectivity index (χ4n) is 3.65. The molecule has 0 bridgehead atoms. The lowest BCUT2D eigenvalue weighted by atomic mass is 10.1. The first-order chi connectivity index (χ1) is 18.7. The molecule has 2 aromatic carbocycles. The number of carboxylic acid groups (broad SMARTS) is 1. The summed E-state index contributed by atoms with van der Waals surface area (Å²) in [5.41, 5.74) is 1.53. The molecule has 2 heterocycles. The Hall–Kier alpha value is -4.58. The summed E-state index contributed by atoms with van der Waals surface area (Å²) >= 11 is 3.48. The average molecular weight is 599 g/mol. The second-order valence-corrected chi connectivity index (χ2v) is 9.04. The van der Waals surface area contributed by atoms with E-state index in [0.717, 1.165) is 10.5 Å². The third-order valence-electron chi connectivity index (χ3n) is 5.58. The number of aromatic carboxylic acids is 1. The van der Waals surface area contributed by atoms with E-state index in [-0.39, 0.29) is 35.9 Å². The van der Waals surface area contributed by atoms with Crippen LogP contribution in [0, 0.1) is 0 Å². The van der Waals surface area contributed by atoms with Crippen LogP contribution in [0.3, 0.4) is 0 Å². The number of imide groups is 1. The Morgan fingerprint density at radius 1 is 1.08 bits per heavy atom. The van der Waals surface area contributed by atoms with Crippen LogP contribution in [0.2, 0.25) is 0 Å². The highest BCUT2D eigenvalue weighted by molar-refractivity contribution is 9.10. The molecule has 1 saturated heterocycles. The standard InChI is InChI=1S/C27H23BrN2O9/c1-3-37-22-11-17(19(28)12-23(22)38-14-15-4-6-16(7-5-15)25(32)33)10-20-24(31)30(27(35)29-20)13-18-8-9-21(39-18)26(34)36-2/h4-12H,3,13-14H2,1-2H3,(H,29,35)(H,32,33)/b20-10-. The molecule has 2 N–H and O–H groups in total. The van der Waals surface area contributed by atoms with Gasteiger partial charge in [0.25, 0.3) is 5.91 Å². The zero-order valence-corrected chi connectivity index (χ0v) is 22.4. The number of hydrogen-bond donors (Lipinski definition) is 2. The predicted octanol–water partition coefficient (Wildman–Crippen LogP) is 4.60. The van der Waals surface area contributed by atoms with Gasteiger partial charge in [0.15, 0.2) is 11.5 Å². The fourth-order valence-corrected chi connectivity index (χ4v) is 4.08. The Bertz CT molecular complexity index is 1460. The molecule has 1 aliphatic rings. The maximum Gasteiger partial charge on any atom is 0.373 e. The topological polar surface area (TPSA) is 145 Å². The molecule has 0 unspecified atom stereocenters. The van der Waals surface area contributed by atoms with Gasteiger partial charge in [-0.05, 0) is 60.5 Å². The lowest BCUT2D eigenvalue weighted by Gasteiger charge is -2.14. The monoisotopic (exact) mass is 598 g/mol. The largest absolute Gasteiger partial charge is 0.490 e. The Balaban J connectivity index is 1.51. The van der Waals surface area contributed by atoms with Gasteiger partial charge in [0.05, 0.1) is 25.8 Å². The summed E-state index contributed by atoms with van der Waals surface area (Å²) < 4.78 is 22.2. The number of benzene rings is 2. The van der Waals surface area contributed by atoms with Crippen LogP contribution in [0.15, 0.2) is 63.1 Å². The number of ether oxygens (including phenoxy) is 3. The van der Waals surface area contributed by atoms with E-state index in [0.29, 0.717) is 28.1 Å². The van der Waals surface area contributed by atoms with Crippen LogP contribution in [0.1, 0.15) is 44.7 Å². The molecular weight excluding hydrogens is 576 g/mol. The van der Waals surface area contributed by atoms with E-state index in [1.807, 2.05) is 6.92 Å². The van der Waals surface area contributed by atoms with Crippen LogP contribution >= 0.6 is 15.9 Å². The molecule has 39 heavy (non-hydrogen) atoms. The minimum atomic E-state index is -1.01. The number of nitrogens with zero attached hydrogens (tertiary/aromatic N) is 1. The molecule has 1 aliphatic heterocycles. The SMILES string of the molecule is CCOc1cc(/C=C2\NC(=O)N(Cc3ccc(C(=O)OC)o3)C2=O)c(Br)cc1OCc1ccc(C(=O)O)cc1. The maximum atomic E-state index is 13.0. The summed E-state index contributed by atoms with van der Waals surface area (Å²) in [4.78, 5) is 49.1. The molecule has 3 amide bonds. The van der Waals surface area contributed by atoms with Crippen molar-refractivity contribution in [2.45, 2.75) is 20.1 Å². The van der Waals surface area contributed by atoms with Gasteiger partial charge >= 0.3 is 18.0 Å². The van der Waals surface area contributed by atoms with E-state index in [4.69, 9.17) is 19.0 Å². The first kappa shape index (κ1) is 27.5. The molecular formula is C27H23BrN2O9. The number of esters is 1. The first-order valence-electron chi connectivity index (χ1n) is 11.6. The summed E-state index contributed by atoms with van der Waals surface area (Å²) in [7, 11) is 1.22. The molecule has 1 aromatic heterocycles. The van der Waals surface area contributed by atoms with Crippen molar-refractivity contribution in [3.63, 3.8) is 0 Å². The zero-order valence-electron chi connectivity index (χ0n) is 20.9. The van der Waals surface area contributed by atoms with Gasteiger partial charge in [-0.1, -0.05) is 28.1 Å². The molecule has 11 nitrogen and oxygen atoms in total. The quantitative estimate of drug-likeness (QED) is 0.194. The molecule has 3 aromatic rings. The summed E-state index contributed by atoms with van der Waals surface area (Å²) in [6, 6.07) is 11.9.